The van der Waals surface area contributed by atoms with Gasteiger partial charge in [0.15, 0.2) is 6.61 Å². The Morgan fingerprint density at radius 1 is 1.16 bits per heavy atom. The molecule has 10 nitrogen and oxygen atoms in total. The summed E-state index contributed by atoms with van der Waals surface area (Å²) in [5.41, 5.74) is 1.94. The SMILES string of the molecule is Cc1ccc(N2CCN(C(=O)c3ccccc3OCc3noc(C)n3)CC2)c([N+](=O)[O-])c1. The van der Waals surface area contributed by atoms with Gasteiger partial charge < -0.3 is 19.1 Å². The lowest BCUT2D eigenvalue weighted by molar-refractivity contribution is -0.384. The van der Waals surface area contributed by atoms with Crippen molar-refractivity contribution < 1.29 is 19.0 Å². The Labute approximate surface area is 184 Å². The van der Waals surface area contributed by atoms with E-state index in [1.54, 1.807) is 48.2 Å². The highest BCUT2D eigenvalue weighted by molar-refractivity contribution is 5.97. The largest absolute Gasteiger partial charge is 0.485 e. The number of nitro groups is 1. The van der Waals surface area contributed by atoms with E-state index in [-0.39, 0.29) is 23.1 Å². The van der Waals surface area contributed by atoms with E-state index in [1.807, 2.05) is 17.9 Å². The molecule has 0 unspecified atom stereocenters. The Balaban J connectivity index is 1.44. The molecule has 1 saturated heterocycles. The maximum absolute atomic E-state index is 13.2. The molecule has 3 aromatic rings. The lowest BCUT2D eigenvalue weighted by Gasteiger charge is -2.36. The summed E-state index contributed by atoms with van der Waals surface area (Å²) in [5.74, 6) is 1.14. The number of anilines is 1. The number of carbonyl (C=O) groups excluding carboxylic acids is 1. The summed E-state index contributed by atoms with van der Waals surface area (Å²) in [6.07, 6.45) is 0. The number of benzene rings is 2. The number of nitrogens with zero attached hydrogens (tertiary/aromatic N) is 5. The Hall–Kier alpha value is -3.95. The topological polar surface area (TPSA) is 115 Å². The van der Waals surface area contributed by atoms with Crippen LogP contribution in [0.15, 0.2) is 47.0 Å². The first-order valence-corrected chi connectivity index (χ1v) is 10.2. The summed E-state index contributed by atoms with van der Waals surface area (Å²) in [6, 6.07) is 12.2. The minimum Gasteiger partial charge on any atom is -0.485 e. The van der Waals surface area contributed by atoms with E-state index in [9.17, 15) is 14.9 Å². The average molecular weight is 437 g/mol. The molecule has 1 aromatic heterocycles. The monoisotopic (exact) mass is 437 g/mol. The number of para-hydroxylation sites is 1. The van der Waals surface area contributed by atoms with Crippen LogP contribution in [0.2, 0.25) is 0 Å². The fourth-order valence-corrected chi connectivity index (χ4v) is 3.68. The fraction of sp³-hybridized carbons (Fsp3) is 0.318. The van der Waals surface area contributed by atoms with Crippen molar-refractivity contribution in [3.63, 3.8) is 0 Å². The number of hydrogen-bond donors (Lipinski definition) is 0. The molecule has 0 aliphatic carbocycles. The third-order valence-electron chi connectivity index (χ3n) is 5.28. The van der Waals surface area contributed by atoms with Crippen LogP contribution >= 0.6 is 0 Å². The molecule has 2 aromatic carbocycles. The second kappa shape index (κ2) is 9.04. The zero-order valence-corrected chi connectivity index (χ0v) is 17.9. The van der Waals surface area contributed by atoms with Gasteiger partial charge in [0, 0.05) is 39.2 Å². The van der Waals surface area contributed by atoms with Crippen molar-refractivity contribution in [3.05, 3.63) is 75.4 Å². The van der Waals surface area contributed by atoms with E-state index >= 15 is 0 Å². The summed E-state index contributed by atoms with van der Waals surface area (Å²) < 4.78 is 10.7. The lowest BCUT2D eigenvalue weighted by atomic mass is 10.1. The average Bonchev–Trinajstić information content (AvgIpc) is 3.22. The molecule has 0 N–H and O–H groups in total. The highest BCUT2D eigenvalue weighted by Crippen LogP contribution is 2.30. The number of amides is 1. The van der Waals surface area contributed by atoms with Gasteiger partial charge in [0.25, 0.3) is 11.6 Å². The Morgan fingerprint density at radius 2 is 1.91 bits per heavy atom. The van der Waals surface area contributed by atoms with Crippen LogP contribution in [0.25, 0.3) is 0 Å². The van der Waals surface area contributed by atoms with Crippen molar-refractivity contribution in [2.45, 2.75) is 20.5 Å². The van der Waals surface area contributed by atoms with Gasteiger partial charge in [0.2, 0.25) is 11.7 Å². The first-order valence-electron chi connectivity index (χ1n) is 10.2. The van der Waals surface area contributed by atoms with E-state index < -0.39 is 0 Å². The van der Waals surface area contributed by atoms with Crippen molar-refractivity contribution in [3.8, 4) is 5.75 Å². The third kappa shape index (κ3) is 4.53. The molecule has 1 aliphatic rings. The van der Waals surface area contributed by atoms with Gasteiger partial charge in [-0.1, -0.05) is 23.4 Å². The molecular formula is C22H23N5O5. The molecular weight excluding hydrogens is 414 g/mol. The van der Waals surface area contributed by atoms with Crippen LogP contribution in [0.1, 0.15) is 27.6 Å². The molecule has 0 saturated carbocycles. The van der Waals surface area contributed by atoms with E-state index in [4.69, 9.17) is 9.26 Å². The van der Waals surface area contributed by atoms with Crippen molar-refractivity contribution in [2.24, 2.45) is 0 Å². The molecule has 0 spiro atoms. The molecule has 166 valence electrons. The highest BCUT2D eigenvalue weighted by atomic mass is 16.6. The summed E-state index contributed by atoms with van der Waals surface area (Å²) in [4.78, 5) is 32.0. The van der Waals surface area contributed by atoms with Gasteiger partial charge in [-0.3, -0.25) is 14.9 Å². The number of carbonyl (C=O) groups is 1. The van der Waals surface area contributed by atoms with Gasteiger partial charge in [-0.05, 0) is 30.7 Å². The first-order chi connectivity index (χ1) is 15.4. The normalized spacial score (nSPS) is 13.8. The van der Waals surface area contributed by atoms with Crippen LogP contribution in [-0.4, -0.2) is 52.1 Å². The molecule has 0 bridgehead atoms. The number of nitro benzene ring substituents is 1. The fourth-order valence-electron chi connectivity index (χ4n) is 3.68. The minimum atomic E-state index is -0.362. The van der Waals surface area contributed by atoms with Gasteiger partial charge in [0.1, 0.15) is 11.4 Å². The molecule has 1 fully saturated rings. The van der Waals surface area contributed by atoms with Crippen LogP contribution in [0, 0.1) is 24.0 Å². The summed E-state index contributed by atoms with van der Waals surface area (Å²) in [6.45, 7) is 5.50. The second-order valence-corrected chi connectivity index (χ2v) is 7.54. The number of aryl methyl sites for hydroxylation is 2. The minimum absolute atomic E-state index is 0.0835. The van der Waals surface area contributed by atoms with Gasteiger partial charge in [0.05, 0.1) is 10.5 Å². The number of aromatic nitrogens is 2. The van der Waals surface area contributed by atoms with E-state index in [0.717, 1.165) is 5.56 Å². The van der Waals surface area contributed by atoms with E-state index in [1.165, 1.54) is 0 Å². The van der Waals surface area contributed by atoms with E-state index in [2.05, 4.69) is 10.1 Å². The maximum atomic E-state index is 13.2. The number of rotatable bonds is 6. The Kier molecular flexibility index (Phi) is 6.02. The maximum Gasteiger partial charge on any atom is 0.292 e. The standard InChI is InChI=1S/C22H23N5O5/c1-15-7-8-18(19(13-15)27(29)30)25-9-11-26(12-10-25)22(28)17-5-3-4-6-20(17)31-14-21-23-16(2)32-24-21/h3-8,13H,9-12,14H2,1-2H3. The molecule has 32 heavy (non-hydrogen) atoms. The number of piperazine rings is 1. The van der Waals surface area contributed by atoms with Crippen LogP contribution < -0.4 is 9.64 Å². The van der Waals surface area contributed by atoms with Gasteiger partial charge in [-0.25, -0.2) is 0 Å². The lowest BCUT2D eigenvalue weighted by Crippen LogP contribution is -2.49. The van der Waals surface area contributed by atoms with E-state index in [0.29, 0.717) is 54.9 Å². The van der Waals surface area contributed by atoms with Crippen LogP contribution in [-0.2, 0) is 6.61 Å². The van der Waals surface area contributed by atoms with Crippen LogP contribution in [0.4, 0.5) is 11.4 Å². The number of ether oxygens (including phenoxy) is 1. The second-order valence-electron chi connectivity index (χ2n) is 7.54. The molecule has 4 rings (SSSR count). The summed E-state index contributed by atoms with van der Waals surface area (Å²) >= 11 is 0. The molecule has 10 heteroatoms. The molecule has 0 radical (unpaired) electrons. The smallest absolute Gasteiger partial charge is 0.292 e. The van der Waals surface area contributed by atoms with Crippen LogP contribution in [0.5, 0.6) is 5.75 Å². The van der Waals surface area contributed by atoms with Crippen LogP contribution in [0.3, 0.4) is 0 Å². The molecule has 1 amide bonds. The van der Waals surface area contributed by atoms with Gasteiger partial charge in [-0.2, -0.15) is 4.98 Å². The first kappa shape index (κ1) is 21.3. The summed E-state index contributed by atoms with van der Waals surface area (Å²) in [7, 11) is 0. The van der Waals surface area contributed by atoms with Crippen molar-refractivity contribution in [2.75, 3.05) is 31.1 Å². The van der Waals surface area contributed by atoms with Crippen molar-refractivity contribution >= 4 is 17.3 Å². The molecule has 1 aliphatic heterocycles. The van der Waals surface area contributed by atoms with Gasteiger partial charge >= 0.3 is 0 Å². The zero-order chi connectivity index (χ0) is 22.7. The Bertz CT molecular complexity index is 1140. The van der Waals surface area contributed by atoms with Crippen molar-refractivity contribution in [1.82, 2.24) is 15.0 Å². The van der Waals surface area contributed by atoms with Gasteiger partial charge in [-0.15, -0.1) is 0 Å². The third-order valence-corrected chi connectivity index (χ3v) is 5.28. The predicted octanol–water partition coefficient (Wildman–Crippen LogP) is 3.14. The molecule has 2 heterocycles. The Morgan fingerprint density at radius 3 is 2.59 bits per heavy atom. The number of hydrogen-bond acceptors (Lipinski definition) is 8. The van der Waals surface area contributed by atoms with Crippen molar-refractivity contribution in [1.29, 1.82) is 0 Å². The zero-order valence-electron chi connectivity index (χ0n) is 17.9. The molecule has 0 atom stereocenters. The quantitative estimate of drug-likeness (QED) is 0.427. The highest BCUT2D eigenvalue weighted by Gasteiger charge is 2.27. The predicted molar refractivity (Wildman–Crippen MR) is 116 cm³/mol. The summed E-state index contributed by atoms with van der Waals surface area (Å²) in [5, 5.41) is 15.3.